The topological polar surface area (TPSA) is 4.93 Å². The van der Waals surface area contributed by atoms with Crippen molar-refractivity contribution in [1.29, 1.82) is 0 Å². The molecule has 12 heavy (non-hydrogen) atoms. The van der Waals surface area contributed by atoms with Gasteiger partial charge in [0.05, 0.1) is 0 Å². The van der Waals surface area contributed by atoms with E-state index in [9.17, 15) is 0 Å². The lowest BCUT2D eigenvalue weighted by atomic mass is 10.2. The van der Waals surface area contributed by atoms with E-state index >= 15 is 0 Å². The molecule has 0 spiro atoms. The van der Waals surface area contributed by atoms with Crippen LogP contribution in [-0.4, -0.2) is 4.57 Å². The molecule has 0 aliphatic heterocycles. The van der Waals surface area contributed by atoms with E-state index in [4.69, 9.17) is 0 Å². The maximum Gasteiger partial charge on any atom is 0.0480 e. The molecule has 0 radical (unpaired) electrons. The number of rotatable bonds is 1. The largest absolute Gasteiger partial charge is 0.350 e. The molecular formula is C10H10BrN. The molecule has 2 aromatic rings. The van der Waals surface area contributed by atoms with Gasteiger partial charge in [0.25, 0.3) is 0 Å². The van der Waals surface area contributed by atoms with Gasteiger partial charge in [0.15, 0.2) is 0 Å². The lowest BCUT2D eigenvalue weighted by Crippen LogP contribution is -1.81. The van der Waals surface area contributed by atoms with Gasteiger partial charge in [-0.25, -0.2) is 0 Å². The van der Waals surface area contributed by atoms with Gasteiger partial charge in [0, 0.05) is 29.5 Å². The Kier molecular flexibility index (Phi) is 1.93. The summed E-state index contributed by atoms with van der Waals surface area (Å²) < 4.78 is 2.16. The number of aromatic nitrogens is 1. The van der Waals surface area contributed by atoms with E-state index in [1.807, 2.05) is 0 Å². The Morgan fingerprint density at radius 2 is 2.08 bits per heavy atom. The third-order valence-electron chi connectivity index (χ3n) is 2.12. The van der Waals surface area contributed by atoms with Crippen molar-refractivity contribution in [3.8, 4) is 0 Å². The summed E-state index contributed by atoms with van der Waals surface area (Å²) in [6.45, 7) is 0. The molecule has 0 aliphatic rings. The number of fused-ring (bicyclic) bond motifs is 1. The summed E-state index contributed by atoms with van der Waals surface area (Å²) in [5.41, 5.74) is 2.65. The fraction of sp³-hybridized carbons (Fsp3) is 0.200. The van der Waals surface area contributed by atoms with E-state index in [2.05, 4.69) is 58.0 Å². The van der Waals surface area contributed by atoms with Crippen LogP contribution < -0.4 is 0 Å². The average molecular weight is 224 g/mol. The Hall–Kier alpha value is -0.760. The van der Waals surface area contributed by atoms with Crippen molar-refractivity contribution in [3.05, 3.63) is 36.0 Å². The fourth-order valence-corrected chi connectivity index (χ4v) is 1.98. The minimum absolute atomic E-state index is 0.925. The number of hydrogen-bond donors (Lipinski definition) is 0. The number of nitrogens with zero attached hydrogens (tertiary/aromatic N) is 1. The first-order chi connectivity index (χ1) is 5.83. The lowest BCUT2D eigenvalue weighted by Gasteiger charge is -1.93. The van der Waals surface area contributed by atoms with E-state index < -0.39 is 0 Å². The highest BCUT2D eigenvalue weighted by molar-refractivity contribution is 9.08. The van der Waals surface area contributed by atoms with Crippen molar-refractivity contribution >= 4 is 26.8 Å². The Balaban J connectivity index is 2.82. The minimum atomic E-state index is 0.925. The molecule has 0 amide bonds. The van der Waals surface area contributed by atoms with E-state index in [1.165, 1.54) is 16.5 Å². The first-order valence-corrected chi connectivity index (χ1v) is 5.04. The summed E-state index contributed by atoms with van der Waals surface area (Å²) in [4.78, 5) is 0. The average Bonchev–Trinajstić information content (AvgIpc) is 2.44. The second kappa shape index (κ2) is 2.94. The van der Waals surface area contributed by atoms with Crippen LogP contribution in [0.3, 0.4) is 0 Å². The van der Waals surface area contributed by atoms with Crippen molar-refractivity contribution < 1.29 is 0 Å². The molecule has 0 saturated heterocycles. The second-order valence-corrected chi connectivity index (χ2v) is 3.48. The number of hydrogen-bond acceptors (Lipinski definition) is 0. The standard InChI is InChI=1S/C10H10BrN/c1-12-7-8(6-11)9-4-2-3-5-10(9)12/h2-5,7H,6H2,1H3. The molecule has 2 rings (SSSR count). The molecule has 0 saturated carbocycles. The smallest absolute Gasteiger partial charge is 0.0480 e. The molecule has 0 aliphatic carbocycles. The number of halogens is 1. The van der Waals surface area contributed by atoms with Gasteiger partial charge >= 0.3 is 0 Å². The van der Waals surface area contributed by atoms with Crippen LogP contribution >= 0.6 is 15.9 Å². The number of benzene rings is 1. The van der Waals surface area contributed by atoms with Crippen LogP contribution in [0.4, 0.5) is 0 Å². The van der Waals surface area contributed by atoms with E-state index in [1.54, 1.807) is 0 Å². The fourth-order valence-electron chi connectivity index (χ4n) is 1.53. The van der Waals surface area contributed by atoms with Crippen molar-refractivity contribution in [2.75, 3.05) is 0 Å². The molecule has 1 heterocycles. The molecule has 0 bridgehead atoms. The van der Waals surface area contributed by atoms with Crippen molar-refractivity contribution in [2.24, 2.45) is 7.05 Å². The first kappa shape index (κ1) is 7.87. The molecule has 1 aromatic heterocycles. The Bertz CT molecular complexity index is 403. The SMILES string of the molecule is Cn1cc(CBr)c2ccccc21. The van der Waals surface area contributed by atoms with Crippen molar-refractivity contribution in [2.45, 2.75) is 5.33 Å². The van der Waals surface area contributed by atoms with Crippen LogP contribution in [0.2, 0.25) is 0 Å². The number of alkyl halides is 1. The highest BCUT2D eigenvalue weighted by atomic mass is 79.9. The van der Waals surface area contributed by atoms with Crippen LogP contribution in [0.1, 0.15) is 5.56 Å². The molecule has 1 nitrogen and oxygen atoms in total. The summed E-state index contributed by atoms with van der Waals surface area (Å²) >= 11 is 3.48. The van der Waals surface area contributed by atoms with Crippen LogP contribution in [0.15, 0.2) is 30.5 Å². The lowest BCUT2D eigenvalue weighted by molar-refractivity contribution is 0.963. The third kappa shape index (κ3) is 1.07. The molecule has 2 heteroatoms. The zero-order valence-electron chi connectivity index (χ0n) is 6.92. The molecule has 62 valence electrons. The Morgan fingerprint density at radius 3 is 2.83 bits per heavy atom. The predicted molar refractivity (Wildman–Crippen MR) is 55.6 cm³/mol. The van der Waals surface area contributed by atoms with Gasteiger partial charge in [-0.05, 0) is 11.6 Å². The second-order valence-electron chi connectivity index (χ2n) is 2.92. The highest BCUT2D eigenvalue weighted by Crippen LogP contribution is 2.21. The van der Waals surface area contributed by atoms with E-state index in [0.29, 0.717) is 0 Å². The first-order valence-electron chi connectivity index (χ1n) is 3.92. The van der Waals surface area contributed by atoms with Gasteiger partial charge in [0.2, 0.25) is 0 Å². The summed E-state index contributed by atoms with van der Waals surface area (Å²) in [5.74, 6) is 0. The highest BCUT2D eigenvalue weighted by Gasteiger charge is 2.02. The van der Waals surface area contributed by atoms with Crippen molar-refractivity contribution in [3.63, 3.8) is 0 Å². The monoisotopic (exact) mass is 223 g/mol. The van der Waals surface area contributed by atoms with Crippen LogP contribution in [-0.2, 0) is 12.4 Å². The van der Waals surface area contributed by atoms with Gasteiger partial charge in [-0.3, -0.25) is 0 Å². The normalized spacial score (nSPS) is 10.8. The summed E-state index contributed by atoms with van der Waals surface area (Å²) in [7, 11) is 2.08. The Labute approximate surface area is 80.1 Å². The molecule has 1 aromatic carbocycles. The quantitative estimate of drug-likeness (QED) is 0.656. The van der Waals surface area contributed by atoms with Gasteiger partial charge in [-0.2, -0.15) is 0 Å². The summed E-state index contributed by atoms with van der Waals surface area (Å²) in [6, 6.07) is 8.45. The van der Waals surface area contributed by atoms with E-state index in [0.717, 1.165) is 5.33 Å². The molecular weight excluding hydrogens is 214 g/mol. The number of aryl methyl sites for hydroxylation is 1. The minimum Gasteiger partial charge on any atom is -0.350 e. The van der Waals surface area contributed by atoms with Crippen LogP contribution in [0, 0.1) is 0 Å². The summed E-state index contributed by atoms with van der Waals surface area (Å²) in [5, 5.41) is 2.27. The zero-order valence-corrected chi connectivity index (χ0v) is 8.51. The van der Waals surface area contributed by atoms with Gasteiger partial charge in [-0.15, -0.1) is 0 Å². The van der Waals surface area contributed by atoms with Gasteiger partial charge in [0.1, 0.15) is 0 Å². The molecule has 0 unspecified atom stereocenters. The zero-order chi connectivity index (χ0) is 8.55. The molecule has 0 fully saturated rings. The number of para-hydroxylation sites is 1. The van der Waals surface area contributed by atoms with Crippen molar-refractivity contribution in [1.82, 2.24) is 4.57 Å². The van der Waals surface area contributed by atoms with E-state index in [-0.39, 0.29) is 0 Å². The van der Waals surface area contributed by atoms with Crippen LogP contribution in [0.5, 0.6) is 0 Å². The predicted octanol–water partition coefficient (Wildman–Crippen LogP) is 3.07. The van der Waals surface area contributed by atoms with Crippen LogP contribution in [0.25, 0.3) is 10.9 Å². The molecule has 0 atom stereocenters. The van der Waals surface area contributed by atoms with Gasteiger partial charge in [-0.1, -0.05) is 34.1 Å². The van der Waals surface area contributed by atoms with Gasteiger partial charge < -0.3 is 4.57 Å². The molecule has 0 N–H and O–H groups in total. The summed E-state index contributed by atoms with van der Waals surface area (Å²) in [6.07, 6.45) is 2.17. The Morgan fingerprint density at radius 1 is 1.33 bits per heavy atom. The maximum absolute atomic E-state index is 3.48. The maximum atomic E-state index is 3.48. The third-order valence-corrected chi connectivity index (χ3v) is 2.73.